The average molecular weight is 406 g/mol. The molecule has 29 heavy (non-hydrogen) atoms. The van der Waals surface area contributed by atoms with Crippen molar-refractivity contribution >= 4 is 5.91 Å². The van der Waals surface area contributed by atoms with Gasteiger partial charge < -0.3 is 24.6 Å². The van der Waals surface area contributed by atoms with Gasteiger partial charge in [-0.15, -0.1) is 0 Å². The maximum atomic E-state index is 12.1. The molecule has 2 N–H and O–H groups in total. The Balaban J connectivity index is 1.30. The van der Waals surface area contributed by atoms with Crippen molar-refractivity contribution in [3.8, 4) is 0 Å². The van der Waals surface area contributed by atoms with Gasteiger partial charge in [-0.3, -0.25) is 4.79 Å². The monoisotopic (exact) mass is 405 g/mol. The molecule has 3 rings (SSSR count). The molecule has 0 spiro atoms. The van der Waals surface area contributed by atoms with Gasteiger partial charge in [0.1, 0.15) is 0 Å². The lowest BCUT2D eigenvalue weighted by molar-refractivity contribution is -0.150. The molecule has 1 saturated carbocycles. The van der Waals surface area contributed by atoms with Crippen molar-refractivity contribution in [2.45, 2.75) is 70.4 Å². The second-order valence-corrected chi connectivity index (χ2v) is 8.31. The lowest BCUT2D eigenvalue weighted by atomic mass is 9.70. The first-order valence-corrected chi connectivity index (χ1v) is 11.0. The summed E-state index contributed by atoms with van der Waals surface area (Å²) in [5, 5.41) is 13.0. The van der Waals surface area contributed by atoms with Crippen LogP contribution in [0, 0.1) is 5.41 Å². The van der Waals surface area contributed by atoms with E-state index in [2.05, 4.69) is 5.32 Å². The predicted molar refractivity (Wildman–Crippen MR) is 110 cm³/mol. The van der Waals surface area contributed by atoms with Gasteiger partial charge in [0.25, 0.3) is 0 Å². The number of amides is 1. The molecular formula is C23H35NO5. The number of carbonyl (C=O) groups is 1. The highest BCUT2D eigenvalue weighted by atomic mass is 16.7. The van der Waals surface area contributed by atoms with E-state index < -0.39 is 6.10 Å². The van der Waals surface area contributed by atoms with E-state index in [1.165, 1.54) is 19.3 Å². The molecule has 1 heterocycles. The van der Waals surface area contributed by atoms with Crippen LogP contribution in [0.1, 0.15) is 56.9 Å². The van der Waals surface area contributed by atoms with Gasteiger partial charge in [0.15, 0.2) is 6.29 Å². The Hall–Kier alpha value is -1.47. The van der Waals surface area contributed by atoms with E-state index in [1.807, 2.05) is 30.3 Å². The van der Waals surface area contributed by atoms with E-state index >= 15 is 0 Å². The predicted octanol–water partition coefficient (Wildman–Crippen LogP) is 3.17. The zero-order valence-corrected chi connectivity index (χ0v) is 17.3. The minimum Gasteiger partial charge on any atom is -0.390 e. The SMILES string of the molecule is O=C(CC(O)COCc1ccccc1)NCCCC1(C2OCCO2)CCCCC1. The van der Waals surface area contributed by atoms with Crippen molar-refractivity contribution in [1.29, 1.82) is 0 Å². The number of nitrogens with one attached hydrogen (secondary N) is 1. The number of carbonyl (C=O) groups excluding carboxylic acids is 1. The van der Waals surface area contributed by atoms with E-state index in [-0.39, 0.29) is 30.6 Å². The van der Waals surface area contributed by atoms with Crippen LogP contribution < -0.4 is 5.32 Å². The van der Waals surface area contributed by atoms with Crippen molar-refractivity contribution in [2.75, 3.05) is 26.4 Å². The van der Waals surface area contributed by atoms with Gasteiger partial charge in [0, 0.05) is 12.0 Å². The topological polar surface area (TPSA) is 77.0 Å². The smallest absolute Gasteiger partial charge is 0.222 e. The molecule has 0 bridgehead atoms. The highest BCUT2D eigenvalue weighted by molar-refractivity contribution is 5.76. The summed E-state index contributed by atoms with van der Waals surface area (Å²) in [4.78, 5) is 12.1. The fourth-order valence-corrected chi connectivity index (χ4v) is 4.47. The second kappa shape index (κ2) is 11.6. The molecule has 1 saturated heterocycles. The first kappa shape index (κ1) is 22.2. The summed E-state index contributed by atoms with van der Waals surface area (Å²) in [5.74, 6) is -0.133. The highest BCUT2D eigenvalue weighted by Gasteiger charge is 2.42. The number of ether oxygens (including phenoxy) is 3. The maximum absolute atomic E-state index is 12.1. The number of rotatable bonds is 11. The number of aliphatic hydroxyl groups excluding tert-OH is 1. The fourth-order valence-electron chi connectivity index (χ4n) is 4.47. The van der Waals surface area contributed by atoms with Crippen LogP contribution >= 0.6 is 0 Å². The van der Waals surface area contributed by atoms with Gasteiger partial charge >= 0.3 is 0 Å². The zero-order valence-electron chi connectivity index (χ0n) is 17.3. The van der Waals surface area contributed by atoms with E-state index in [1.54, 1.807) is 0 Å². The molecule has 1 aromatic carbocycles. The molecule has 6 heteroatoms. The molecule has 0 aromatic heterocycles. The van der Waals surface area contributed by atoms with E-state index in [0.29, 0.717) is 26.4 Å². The molecule has 162 valence electrons. The summed E-state index contributed by atoms with van der Waals surface area (Å²) in [5.41, 5.74) is 1.15. The third-order valence-electron chi connectivity index (χ3n) is 5.99. The molecule has 2 fully saturated rings. The molecule has 2 aliphatic rings. The summed E-state index contributed by atoms with van der Waals surface area (Å²) in [6.07, 6.45) is 7.12. The molecule has 1 aliphatic carbocycles. The fraction of sp³-hybridized carbons (Fsp3) is 0.696. The highest BCUT2D eigenvalue weighted by Crippen LogP contribution is 2.45. The third kappa shape index (κ3) is 7.07. The van der Waals surface area contributed by atoms with Gasteiger partial charge in [-0.25, -0.2) is 0 Å². The van der Waals surface area contributed by atoms with Gasteiger partial charge in [0.2, 0.25) is 5.91 Å². The van der Waals surface area contributed by atoms with Gasteiger partial charge in [0.05, 0.1) is 39.0 Å². The number of aliphatic hydroxyl groups is 1. The molecule has 6 nitrogen and oxygen atoms in total. The van der Waals surface area contributed by atoms with Crippen molar-refractivity contribution < 1.29 is 24.1 Å². The summed E-state index contributed by atoms with van der Waals surface area (Å²) in [6, 6.07) is 9.79. The molecule has 0 radical (unpaired) electrons. The van der Waals surface area contributed by atoms with Crippen LogP contribution in [0.2, 0.25) is 0 Å². The largest absolute Gasteiger partial charge is 0.390 e. The Labute approximate surface area is 173 Å². The second-order valence-electron chi connectivity index (χ2n) is 8.31. The third-order valence-corrected chi connectivity index (χ3v) is 5.99. The molecule has 1 amide bonds. The summed E-state index contributed by atoms with van der Waals surface area (Å²) < 4.78 is 17.2. The summed E-state index contributed by atoms with van der Waals surface area (Å²) in [7, 11) is 0. The van der Waals surface area contributed by atoms with Crippen LogP contribution in [-0.4, -0.2) is 49.8 Å². The standard InChI is InChI=1S/C23H35NO5/c25-20(18-27-17-19-8-3-1-4-9-19)16-21(26)24-13-7-12-23(10-5-2-6-11-23)22-28-14-15-29-22/h1,3-4,8-9,20,22,25H,2,5-7,10-18H2,(H,24,26). The molecule has 1 aromatic rings. The van der Waals surface area contributed by atoms with E-state index in [9.17, 15) is 9.90 Å². The number of hydrogen-bond donors (Lipinski definition) is 2. The minimum absolute atomic E-state index is 0.0643. The van der Waals surface area contributed by atoms with Crippen molar-refractivity contribution in [2.24, 2.45) is 5.41 Å². The van der Waals surface area contributed by atoms with E-state index in [4.69, 9.17) is 14.2 Å². The van der Waals surface area contributed by atoms with Gasteiger partial charge in [-0.1, -0.05) is 49.6 Å². The van der Waals surface area contributed by atoms with Crippen molar-refractivity contribution in [1.82, 2.24) is 5.32 Å². The Morgan fingerprint density at radius 1 is 1.17 bits per heavy atom. The summed E-state index contributed by atoms with van der Waals surface area (Å²) in [6.45, 7) is 2.58. The Morgan fingerprint density at radius 2 is 1.90 bits per heavy atom. The van der Waals surface area contributed by atoms with Crippen molar-refractivity contribution in [3.05, 3.63) is 35.9 Å². The lowest BCUT2D eigenvalue weighted by Crippen LogP contribution is -2.39. The minimum atomic E-state index is -0.788. The molecular weight excluding hydrogens is 370 g/mol. The number of hydrogen-bond acceptors (Lipinski definition) is 5. The normalized spacial score (nSPS) is 20.4. The first-order chi connectivity index (χ1) is 14.2. The van der Waals surface area contributed by atoms with E-state index in [0.717, 1.165) is 31.2 Å². The quantitative estimate of drug-likeness (QED) is 0.553. The van der Waals surface area contributed by atoms with Crippen LogP contribution in [0.15, 0.2) is 30.3 Å². The van der Waals surface area contributed by atoms with Crippen molar-refractivity contribution in [3.63, 3.8) is 0 Å². The summed E-state index contributed by atoms with van der Waals surface area (Å²) >= 11 is 0. The Kier molecular flexibility index (Phi) is 8.92. The molecule has 1 aliphatic heterocycles. The van der Waals surface area contributed by atoms with Crippen LogP contribution in [0.4, 0.5) is 0 Å². The number of benzene rings is 1. The first-order valence-electron chi connectivity index (χ1n) is 11.0. The average Bonchev–Trinajstić information content (AvgIpc) is 3.28. The van der Waals surface area contributed by atoms with Gasteiger partial charge in [-0.05, 0) is 31.2 Å². The van der Waals surface area contributed by atoms with Crippen LogP contribution in [-0.2, 0) is 25.6 Å². The lowest BCUT2D eigenvalue weighted by Gasteiger charge is -2.40. The Morgan fingerprint density at radius 3 is 2.62 bits per heavy atom. The van der Waals surface area contributed by atoms with Crippen LogP contribution in [0.3, 0.4) is 0 Å². The van der Waals surface area contributed by atoms with Crippen LogP contribution in [0.25, 0.3) is 0 Å². The van der Waals surface area contributed by atoms with Gasteiger partial charge in [-0.2, -0.15) is 0 Å². The zero-order chi connectivity index (χ0) is 20.4. The van der Waals surface area contributed by atoms with Crippen LogP contribution in [0.5, 0.6) is 0 Å². The molecule has 1 atom stereocenters. The maximum Gasteiger partial charge on any atom is 0.222 e. The Bertz CT molecular complexity index is 597. The molecule has 1 unspecified atom stereocenters.